The minimum Gasteiger partial charge on any atom is -0.394 e. The van der Waals surface area contributed by atoms with Gasteiger partial charge in [0.15, 0.2) is 17.3 Å². The van der Waals surface area contributed by atoms with Gasteiger partial charge in [-0.25, -0.2) is 14.4 Å². The Morgan fingerprint density at radius 2 is 2.07 bits per heavy atom. The lowest BCUT2D eigenvalue weighted by Crippen LogP contribution is -2.14. The van der Waals surface area contributed by atoms with Gasteiger partial charge in [-0.1, -0.05) is 23.7 Å². The molecule has 3 aromatic heterocycles. The van der Waals surface area contributed by atoms with Gasteiger partial charge in [-0.2, -0.15) is 5.10 Å². The number of anilines is 2. The quantitative estimate of drug-likeness (QED) is 0.442. The number of aliphatic hydroxyl groups is 1. The molecule has 5 rings (SSSR count). The molecule has 29 heavy (non-hydrogen) atoms. The van der Waals surface area contributed by atoms with Gasteiger partial charge in [-0.05, 0) is 36.6 Å². The van der Waals surface area contributed by atoms with Gasteiger partial charge in [-0.3, -0.25) is 5.10 Å². The minimum atomic E-state index is -0.450. The number of rotatable bonds is 6. The number of hydrogen-bond donors (Lipinski definition) is 3. The van der Waals surface area contributed by atoms with Crippen LogP contribution in [0.2, 0.25) is 5.02 Å². The van der Waals surface area contributed by atoms with E-state index in [1.807, 2.05) is 6.07 Å². The van der Waals surface area contributed by atoms with Crippen molar-refractivity contribution in [2.75, 3.05) is 11.9 Å². The monoisotopic (exact) mass is 412 g/mol. The summed E-state index contributed by atoms with van der Waals surface area (Å²) in [5, 5.41) is 20.9. The number of pyridine rings is 1. The Morgan fingerprint density at radius 1 is 1.28 bits per heavy atom. The van der Waals surface area contributed by atoms with Crippen LogP contribution in [-0.4, -0.2) is 36.4 Å². The average molecular weight is 413 g/mol. The zero-order chi connectivity index (χ0) is 20.0. The Kier molecular flexibility index (Phi) is 4.44. The molecule has 4 aromatic rings. The van der Waals surface area contributed by atoms with E-state index in [1.165, 1.54) is 25.0 Å². The summed E-state index contributed by atoms with van der Waals surface area (Å²) >= 11 is 6.39. The Bertz CT molecular complexity index is 1170. The number of aromatic nitrogens is 5. The van der Waals surface area contributed by atoms with Crippen molar-refractivity contribution in [3.8, 4) is 0 Å². The van der Waals surface area contributed by atoms with Crippen molar-refractivity contribution in [2.24, 2.45) is 0 Å². The van der Waals surface area contributed by atoms with Gasteiger partial charge in [0.2, 0.25) is 0 Å². The summed E-state index contributed by atoms with van der Waals surface area (Å²) in [5.74, 6) is 1.32. The molecule has 1 aromatic carbocycles. The van der Waals surface area contributed by atoms with Gasteiger partial charge in [0, 0.05) is 17.7 Å². The Balaban J connectivity index is 1.51. The summed E-state index contributed by atoms with van der Waals surface area (Å²) in [7, 11) is 0. The molecule has 0 spiro atoms. The number of benzene rings is 1. The maximum atomic E-state index is 13.3. The third-order valence-electron chi connectivity index (χ3n) is 5.13. The summed E-state index contributed by atoms with van der Waals surface area (Å²) in [6.07, 6.45) is 3.96. The third kappa shape index (κ3) is 3.45. The van der Waals surface area contributed by atoms with Crippen LogP contribution in [0.3, 0.4) is 0 Å². The van der Waals surface area contributed by atoms with E-state index in [0.29, 0.717) is 33.7 Å². The number of aromatic amines is 1. The first kappa shape index (κ1) is 18.1. The van der Waals surface area contributed by atoms with Crippen LogP contribution in [0.1, 0.15) is 36.1 Å². The van der Waals surface area contributed by atoms with Crippen molar-refractivity contribution in [3.05, 3.63) is 64.8 Å². The van der Waals surface area contributed by atoms with Gasteiger partial charge >= 0.3 is 0 Å². The maximum Gasteiger partial charge on any atom is 0.162 e. The van der Waals surface area contributed by atoms with Crippen molar-refractivity contribution in [3.63, 3.8) is 0 Å². The Morgan fingerprint density at radius 3 is 2.79 bits per heavy atom. The standard InChI is InChI=1S/C20H18ClFN6O/c21-14-7-16-20(25-19(14)24-18-8-15(26-27-18)11-1-2-11)28(10-23-16)17(9-29)12-3-5-13(22)6-4-12/h3-8,10-11,17,29H,1-2,9H2,(H2,24,25,26,27). The number of halogens is 2. The summed E-state index contributed by atoms with van der Waals surface area (Å²) in [4.78, 5) is 8.99. The predicted molar refractivity (Wildman–Crippen MR) is 108 cm³/mol. The maximum absolute atomic E-state index is 13.3. The molecule has 0 aliphatic heterocycles. The smallest absolute Gasteiger partial charge is 0.162 e. The number of fused-ring (bicyclic) bond motifs is 1. The summed E-state index contributed by atoms with van der Waals surface area (Å²) in [6.45, 7) is -0.186. The molecule has 1 fully saturated rings. The molecule has 7 nitrogen and oxygen atoms in total. The third-order valence-corrected chi connectivity index (χ3v) is 5.42. The molecule has 0 amide bonds. The minimum absolute atomic E-state index is 0.186. The van der Waals surface area contributed by atoms with Crippen LogP contribution in [0.25, 0.3) is 11.2 Å². The molecule has 3 heterocycles. The van der Waals surface area contributed by atoms with E-state index in [9.17, 15) is 9.50 Å². The first-order valence-corrected chi connectivity index (χ1v) is 9.72. The van der Waals surface area contributed by atoms with Crippen LogP contribution in [0.5, 0.6) is 0 Å². The van der Waals surface area contributed by atoms with Crippen LogP contribution >= 0.6 is 11.6 Å². The number of hydrogen-bond acceptors (Lipinski definition) is 5. The SMILES string of the molecule is OCC(c1ccc(F)cc1)n1cnc2cc(Cl)c(Nc3cc(C4CC4)[nH]n3)nc21. The van der Waals surface area contributed by atoms with Gasteiger partial charge in [-0.15, -0.1) is 0 Å². The molecule has 0 saturated heterocycles. The molecule has 148 valence electrons. The zero-order valence-corrected chi connectivity index (χ0v) is 16.1. The van der Waals surface area contributed by atoms with Crippen molar-refractivity contribution in [1.82, 2.24) is 24.7 Å². The van der Waals surface area contributed by atoms with E-state index in [4.69, 9.17) is 11.6 Å². The first-order chi connectivity index (χ1) is 14.1. The lowest BCUT2D eigenvalue weighted by Gasteiger charge is -2.17. The van der Waals surface area contributed by atoms with Gasteiger partial charge in [0.1, 0.15) is 11.3 Å². The molecule has 1 saturated carbocycles. The van der Waals surface area contributed by atoms with Crippen LogP contribution in [0.15, 0.2) is 42.7 Å². The second kappa shape index (κ2) is 7.13. The lowest BCUT2D eigenvalue weighted by molar-refractivity contribution is 0.251. The van der Waals surface area contributed by atoms with Crippen LogP contribution < -0.4 is 5.32 Å². The summed E-state index contributed by atoms with van der Waals surface area (Å²) in [6, 6.07) is 9.24. The van der Waals surface area contributed by atoms with E-state index in [-0.39, 0.29) is 12.4 Å². The summed E-state index contributed by atoms with van der Waals surface area (Å²) in [5.41, 5.74) is 3.01. The van der Waals surface area contributed by atoms with E-state index < -0.39 is 6.04 Å². The molecule has 9 heteroatoms. The van der Waals surface area contributed by atoms with Gasteiger partial charge in [0.25, 0.3) is 0 Å². The molecule has 1 atom stereocenters. The second-order valence-electron chi connectivity index (χ2n) is 7.17. The van der Waals surface area contributed by atoms with Crippen molar-refractivity contribution >= 4 is 34.4 Å². The molecule has 3 N–H and O–H groups in total. The molecule has 1 unspecified atom stereocenters. The fourth-order valence-electron chi connectivity index (χ4n) is 3.41. The number of aliphatic hydroxyl groups excluding tert-OH is 1. The Labute approximate surface area is 170 Å². The Hall–Kier alpha value is -2.97. The average Bonchev–Trinajstić information content (AvgIpc) is 3.34. The van der Waals surface area contributed by atoms with Crippen LogP contribution in [0.4, 0.5) is 16.0 Å². The topological polar surface area (TPSA) is 91.7 Å². The number of nitrogens with one attached hydrogen (secondary N) is 2. The molecule has 0 radical (unpaired) electrons. The molecular weight excluding hydrogens is 395 g/mol. The highest BCUT2D eigenvalue weighted by molar-refractivity contribution is 6.33. The van der Waals surface area contributed by atoms with Crippen LogP contribution in [-0.2, 0) is 0 Å². The zero-order valence-electron chi connectivity index (χ0n) is 15.3. The highest BCUT2D eigenvalue weighted by Gasteiger charge is 2.26. The summed E-state index contributed by atoms with van der Waals surface area (Å²) < 4.78 is 15.0. The number of imidazole rings is 1. The molecule has 0 bridgehead atoms. The highest BCUT2D eigenvalue weighted by Crippen LogP contribution is 2.40. The van der Waals surface area contributed by atoms with E-state index >= 15 is 0 Å². The fourth-order valence-corrected chi connectivity index (χ4v) is 3.61. The van der Waals surface area contributed by atoms with E-state index in [0.717, 1.165) is 11.3 Å². The fraction of sp³-hybridized carbons (Fsp3) is 0.250. The van der Waals surface area contributed by atoms with Gasteiger partial charge in [0.05, 0.1) is 24.0 Å². The normalized spacial score (nSPS) is 15.0. The van der Waals surface area contributed by atoms with Crippen molar-refractivity contribution < 1.29 is 9.50 Å². The predicted octanol–water partition coefficient (Wildman–Crippen LogP) is 4.15. The molecule has 1 aliphatic rings. The van der Waals surface area contributed by atoms with Crippen LogP contribution in [0, 0.1) is 5.82 Å². The largest absolute Gasteiger partial charge is 0.394 e. The lowest BCUT2D eigenvalue weighted by atomic mass is 10.1. The van der Waals surface area contributed by atoms with Gasteiger partial charge < -0.3 is 15.0 Å². The number of H-pyrrole nitrogens is 1. The van der Waals surface area contributed by atoms with Crippen molar-refractivity contribution in [1.29, 1.82) is 0 Å². The van der Waals surface area contributed by atoms with Crippen molar-refractivity contribution in [2.45, 2.75) is 24.8 Å². The first-order valence-electron chi connectivity index (χ1n) is 9.34. The molecular formula is C20H18ClFN6O. The van der Waals surface area contributed by atoms with E-state index in [1.54, 1.807) is 29.1 Å². The number of nitrogens with zero attached hydrogens (tertiary/aromatic N) is 4. The molecule has 1 aliphatic carbocycles. The van der Waals surface area contributed by atoms with E-state index in [2.05, 4.69) is 25.5 Å². The second-order valence-corrected chi connectivity index (χ2v) is 7.58. The highest BCUT2D eigenvalue weighted by atomic mass is 35.5.